The van der Waals surface area contributed by atoms with Crippen molar-refractivity contribution in [3.05, 3.63) is 140 Å². The Kier molecular flexibility index (Phi) is 7.09. The first-order chi connectivity index (χ1) is 20.8. The Morgan fingerprint density at radius 1 is 0.651 bits per heavy atom. The highest BCUT2D eigenvalue weighted by Gasteiger charge is 2.10. The van der Waals surface area contributed by atoms with Crippen LogP contribution in [0.2, 0.25) is 0 Å². The predicted octanol–water partition coefficient (Wildman–Crippen LogP) is 4.49. The highest BCUT2D eigenvalue weighted by Crippen LogP contribution is 2.22. The summed E-state index contributed by atoms with van der Waals surface area (Å²) in [5, 5.41) is 30.5. The minimum atomic E-state index is -0.301. The van der Waals surface area contributed by atoms with Gasteiger partial charge in [0.1, 0.15) is 23.1 Å². The van der Waals surface area contributed by atoms with Crippen LogP contribution in [0, 0.1) is 13.8 Å². The third-order valence-corrected chi connectivity index (χ3v) is 7.05. The zero-order valence-electron chi connectivity index (χ0n) is 23.3. The standard InChI is InChI=1S/C33H26N6O4/c1-20-36-28-9-5-3-7-26(28)32(42)38(20)34-18-24-16-22(11-13-30(24)40)15-23-12-14-31(41)25(17-23)19-35-39-21(2)37-29-10-6-4-8-27(29)33(39)43/h3-14,16-19,40-41H,15H2,1-2H3/b34-18+,35-19+. The van der Waals surface area contributed by atoms with Crippen molar-refractivity contribution in [1.82, 2.24) is 19.3 Å². The van der Waals surface area contributed by atoms with E-state index in [1.807, 2.05) is 12.1 Å². The zero-order valence-corrected chi connectivity index (χ0v) is 23.3. The molecule has 0 amide bonds. The van der Waals surface area contributed by atoms with Crippen molar-refractivity contribution >= 4 is 34.2 Å². The van der Waals surface area contributed by atoms with Gasteiger partial charge in [0.2, 0.25) is 0 Å². The van der Waals surface area contributed by atoms with Gasteiger partial charge >= 0.3 is 0 Å². The van der Waals surface area contributed by atoms with Crippen molar-refractivity contribution in [3.8, 4) is 11.5 Å². The van der Waals surface area contributed by atoms with Gasteiger partial charge in [-0.3, -0.25) is 9.59 Å². The molecular formula is C33H26N6O4. The molecule has 0 aliphatic carbocycles. The zero-order chi connectivity index (χ0) is 30.1. The minimum Gasteiger partial charge on any atom is -0.507 e. The molecule has 43 heavy (non-hydrogen) atoms. The fraction of sp³-hybridized carbons (Fsp3) is 0.0909. The van der Waals surface area contributed by atoms with Crippen LogP contribution in [0.3, 0.4) is 0 Å². The second kappa shape index (κ2) is 11.2. The van der Waals surface area contributed by atoms with Gasteiger partial charge in [-0.1, -0.05) is 36.4 Å². The smallest absolute Gasteiger partial charge is 0.282 e. The second-order valence-electron chi connectivity index (χ2n) is 10.0. The molecule has 0 radical (unpaired) electrons. The third-order valence-electron chi connectivity index (χ3n) is 7.05. The Bertz CT molecular complexity index is 2060. The Hall–Kier alpha value is -5.90. The molecule has 0 spiro atoms. The van der Waals surface area contributed by atoms with Gasteiger partial charge in [0.05, 0.1) is 34.2 Å². The molecule has 4 aromatic carbocycles. The first-order valence-corrected chi connectivity index (χ1v) is 13.5. The summed E-state index contributed by atoms with van der Waals surface area (Å²) < 4.78 is 2.41. The fourth-order valence-electron chi connectivity index (χ4n) is 4.85. The summed E-state index contributed by atoms with van der Waals surface area (Å²) in [6.07, 6.45) is 3.32. The number of para-hydroxylation sites is 2. The van der Waals surface area contributed by atoms with Crippen LogP contribution in [-0.4, -0.2) is 42.0 Å². The number of hydrogen-bond acceptors (Lipinski definition) is 8. The van der Waals surface area contributed by atoms with Gasteiger partial charge in [-0.05, 0) is 79.9 Å². The predicted molar refractivity (Wildman–Crippen MR) is 166 cm³/mol. The molecule has 0 fully saturated rings. The normalized spacial score (nSPS) is 11.8. The Morgan fingerprint density at radius 3 is 1.51 bits per heavy atom. The number of hydrogen-bond donors (Lipinski definition) is 2. The molecule has 0 saturated carbocycles. The number of aryl methyl sites for hydroxylation is 2. The maximum absolute atomic E-state index is 13.0. The lowest BCUT2D eigenvalue weighted by Gasteiger charge is -2.08. The highest BCUT2D eigenvalue weighted by atomic mass is 16.3. The number of aromatic hydroxyl groups is 2. The van der Waals surface area contributed by atoms with Crippen LogP contribution in [0.25, 0.3) is 21.8 Å². The molecule has 0 aliphatic rings. The van der Waals surface area contributed by atoms with Gasteiger partial charge < -0.3 is 10.2 Å². The Labute approximate surface area is 245 Å². The van der Waals surface area contributed by atoms with Crippen LogP contribution >= 0.6 is 0 Å². The van der Waals surface area contributed by atoms with E-state index in [1.165, 1.54) is 21.8 Å². The summed E-state index contributed by atoms with van der Waals surface area (Å²) in [5.74, 6) is 0.863. The number of phenols is 2. The summed E-state index contributed by atoms with van der Waals surface area (Å²) in [6, 6.07) is 24.4. The molecule has 0 saturated heterocycles. The molecule has 10 nitrogen and oxygen atoms in total. The number of benzene rings is 4. The van der Waals surface area contributed by atoms with E-state index in [2.05, 4.69) is 20.2 Å². The van der Waals surface area contributed by atoms with Gasteiger partial charge in [0, 0.05) is 11.1 Å². The largest absolute Gasteiger partial charge is 0.507 e. The maximum atomic E-state index is 13.0. The van der Waals surface area contributed by atoms with Crippen LogP contribution in [0.4, 0.5) is 0 Å². The molecule has 6 rings (SSSR count). The average Bonchev–Trinajstić information content (AvgIpc) is 3.00. The number of aromatic nitrogens is 4. The molecule has 10 heteroatoms. The molecule has 212 valence electrons. The number of rotatable bonds is 6. The lowest BCUT2D eigenvalue weighted by molar-refractivity contribution is 0.474. The second-order valence-corrected chi connectivity index (χ2v) is 10.0. The highest BCUT2D eigenvalue weighted by molar-refractivity contribution is 5.85. The summed E-state index contributed by atoms with van der Waals surface area (Å²) >= 11 is 0. The first-order valence-electron chi connectivity index (χ1n) is 13.5. The van der Waals surface area contributed by atoms with Crippen LogP contribution in [-0.2, 0) is 6.42 Å². The fourth-order valence-corrected chi connectivity index (χ4v) is 4.85. The Morgan fingerprint density at radius 2 is 1.07 bits per heavy atom. The molecular weight excluding hydrogens is 544 g/mol. The van der Waals surface area contributed by atoms with Crippen LogP contribution in [0.1, 0.15) is 33.9 Å². The first kappa shape index (κ1) is 27.3. The van der Waals surface area contributed by atoms with Crippen LogP contribution in [0.15, 0.2) is 105 Å². The van der Waals surface area contributed by atoms with Gasteiger partial charge in [-0.25, -0.2) is 9.97 Å². The maximum Gasteiger partial charge on any atom is 0.282 e. The lowest BCUT2D eigenvalue weighted by atomic mass is 10.0. The van der Waals surface area contributed by atoms with E-state index in [0.717, 1.165) is 11.1 Å². The topological polar surface area (TPSA) is 135 Å². The number of phenolic OH excluding ortho intramolecular Hbond substituents is 2. The van der Waals surface area contributed by atoms with E-state index in [-0.39, 0.29) is 22.6 Å². The Balaban J connectivity index is 1.27. The van der Waals surface area contributed by atoms with E-state index in [0.29, 0.717) is 51.0 Å². The molecule has 0 aliphatic heterocycles. The van der Waals surface area contributed by atoms with E-state index in [1.54, 1.807) is 86.6 Å². The van der Waals surface area contributed by atoms with Gasteiger partial charge in [-0.15, -0.1) is 0 Å². The van der Waals surface area contributed by atoms with E-state index in [4.69, 9.17) is 0 Å². The van der Waals surface area contributed by atoms with Crippen molar-refractivity contribution in [2.24, 2.45) is 10.2 Å². The summed E-state index contributed by atoms with van der Waals surface area (Å²) in [5.41, 5.74) is 3.16. The SMILES string of the molecule is Cc1nc2ccccc2c(=O)n1/N=C/c1cc(Cc2ccc(O)c(/C=N/n3c(C)nc4ccccc4c3=O)c2)ccc1O. The van der Waals surface area contributed by atoms with Crippen LogP contribution in [0.5, 0.6) is 11.5 Å². The lowest BCUT2D eigenvalue weighted by Crippen LogP contribution is -2.20. The number of nitrogens with zero attached hydrogens (tertiary/aromatic N) is 6. The number of fused-ring (bicyclic) bond motifs is 2. The third kappa shape index (κ3) is 5.41. The van der Waals surface area contributed by atoms with Gasteiger partial charge in [0.15, 0.2) is 0 Å². The van der Waals surface area contributed by atoms with Crippen molar-refractivity contribution in [1.29, 1.82) is 0 Å². The van der Waals surface area contributed by atoms with Gasteiger partial charge in [-0.2, -0.15) is 19.6 Å². The van der Waals surface area contributed by atoms with Gasteiger partial charge in [0.25, 0.3) is 11.1 Å². The summed E-state index contributed by atoms with van der Waals surface area (Å²) in [7, 11) is 0. The summed E-state index contributed by atoms with van der Waals surface area (Å²) in [6.45, 7) is 3.39. The van der Waals surface area contributed by atoms with E-state index < -0.39 is 0 Å². The van der Waals surface area contributed by atoms with Crippen molar-refractivity contribution < 1.29 is 10.2 Å². The average molecular weight is 571 g/mol. The molecule has 2 N–H and O–H groups in total. The van der Waals surface area contributed by atoms with E-state index >= 15 is 0 Å². The monoisotopic (exact) mass is 570 g/mol. The minimum absolute atomic E-state index is 0.00952. The van der Waals surface area contributed by atoms with Crippen molar-refractivity contribution in [2.75, 3.05) is 0 Å². The molecule has 0 atom stereocenters. The van der Waals surface area contributed by atoms with E-state index in [9.17, 15) is 19.8 Å². The molecule has 6 aromatic rings. The van der Waals surface area contributed by atoms with Crippen molar-refractivity contribution in [3.63, 3.8) is 0 Å². The molecule has 0 unspecified atom stereocenters. The van der Waals surface area contributed by atoms with Crippen LogP contribution < -0.4 is 11.1 Å². The molecule has 2 heterocycles. The molecule has 2 aromatic heterocycles. The molecule has 0 bridgehead atoms. The van der Waals surface area contributed by atoms with Crippen molar-refractivity contribution in [2.45, 2.75) is 20.3 Å². The quantitative estimate of drug-likeness (QED) is 0.283. The summed E-state index contributed by atoms with van der Waals surface area (Å²) in [4.78, 5) is 34.8.